The van der Waals surface area contributed by atoms with Gasteiger partial charge in [-0.05, 0) is 78.6 Å². The monoisotopic (exact) mass is 541 g/mol. The van der Waals surface area contributed by atoms with Gasteiger partial charge in [0.2, 0.25) is 5.91 Å². The van der Waals surface area contributed by atoms with E-state index in [1.807, 2.05) is 48.5 Å². The average Bonchev–Trinajstić information content (AvgIpc) is 3.53. The molecule has 0 saturated carbocycles. The van der Waals surface area contributed by atoms with E-state index in [0.717, 1.165) is 47.2 Å². The van der Waals surface area contributed by atoms with Crippen LogP contribution in [0.4, 0.5) is 5.69 Å². The molecule has 3 heterocycles. The van der Waals surface area contributed by atoms with E-state index in [1.165, 1.54) is 20.5 Å². The fraction of sp³-hybridized carbons (Fsp3) is 0.333. The Labute approximate surface area is 230 Å². The molecule has 1 N–H and O–H groups in total. The van der Waals surface area contributed by atoms with Crippen molar-refractivity contribution in [2.45, 2.75) is 58.4 Å². The number of aryl methyl sites for hydroxylation is 2. The largest absolute Gasteiger partial charge is 0.497 e. The Hall–Kier alpha value is -3.98. The second-order valence-electron chi connectivity index (χ2n) is 11.0. The molecule has 0 fully saturated rings. The topological polar surface area (TPSA) is 90.5 Å². The number of ether oxygens (including phenoxy) is 1. The molecule has 1 aliphatic rings. The van der Waals surface area contributed by atoms with Crippen molar-refractivity contribution < 1.29 is 9.53 Å². The van der Waals surface area contributed by atoms with Crippen LogP contribution in [0.3, 0.4) is 0 Å². The zero-order valence-corrected chi connectivity index (χ0v) is 23.4. The predicted octanol–water partition coefficient (Wildman–Crippen LogP) is 5.60. The van der Waals surface area contributed by atoms with Gasteiger partial charge in [0.1, 0.15) is 17.1 Å². The van der Waals surface area contributed by atoms with Crippen molar-refractivity contribution >= 4 is 38.8 Å². The van der Waals surface area contributed by atoms with Crippen LogP contribution >= 0.6 is 11.3 Å². The van der Waals surface area contributed by atoms with E-state index >= 15 is 0 Å². The molecule has 8 nitrogen and oxygen atoms in total. The van der Waals surface area contributed by atoms with E-state index < -0.39 is 0 Å². The summed E-state index contributed by atoms with van der Waals surface area (Å²) in [6, 6.07) is 15.3. The number of amides is 1. The lowest BCUT2D eigenvalue weighted by atomic mass is 9.87. The molecule has 0 bridgehead atoms. The van der Waals surface area contributed by atoms with Crippen molar-refractivity contribution in [2.24, 2.45) is 0 Å². The van der Waals surface area contributed by atoms with Crippen LogP contribution < -0.4 is 15.7 Å². The third-order valence-corrected chi connectivity index (χ3v) is 8.64. The van der Waals surface area contributed by atoms with Gasteiger partial charge >= 0.3 is 5.69 Å². The van der Waals surface area contributed by atoms with E-state index in [0.29, 0.717) is 17.2 Å². The molecule has 3 aromatic heterocycles. The molecule has 9 heteroatoms. The smallest absolute Gasteiger partial charge is 0.352 e. The van der Waals surface area contributed by atoms with E-state index in [4.69, 9.17) is 9.72 Å². The van der Waals surface area contributed by atoms with Crippen molar-refractivity contribution in [2.75, 3.05) is 12.4 Å². The minimum Gasteiger partial charge on any atom is -0.497 e. The molecule has 0 aliphatic heterocycles. The number of benzene rings is 2. The highest BCUT2D eigenvalue weighted by Crippen LogP contribution is 2.38. The number of rotatable bonds is 5. The van der Waals surface area contributed by atoms with Gasteiger partial charge in [-0.1, -0.05) is 32.9 Å². The summed E-state index contributed by atoms with van der Waals surface area (Å²) >= 11 is 1.60. The number of anilines is 1. The molecule has 0 unspecified atom stereocenters. The molecule has 0 radical (unpaired) electrons. The van der Waals surface area contributed by atoms with Crippen LogP contribution in [0.15, 0.2) is 53.3 Å². The molecule has 1 amide bonds. The Bertz CT molecular complexity index is 1760. The molecule has 2 aromatic carbocycles. The van der Waals surface area contributed by atoms with Crippen molar-refractivity contribution in [1.29, 1.82) is 0 Å². The van der Waals surface area contributed by atoms with Gasteiger partial charge in [0.05, 0.1) is 12.5 Å². The van der Waals surface area contributed by atoms with Crippen molar-refractivity contribution in [3.8, 4) is 17.1 Å². The van der Waals surface area contributed by atoms with Gasteiger partial charge in [-0.25, -0.2) is 9.78 Å². The van der Waals surface area contributed by atoms with Crippen LogP contribution in [0, 0.1) is 0 Å². The van der Waals surface area contributed by atoms with E-state index in [9.17, 15) is 9.59 Å². The van der Waals surface area contributed by atoms with Crippen LogP contribution in [0.25, 0.3) is 27.3 Å². The Morgan fingerprint density at radius 2 is 1.77 bits per heavy atom. The van der Waals surface area contributed by atoms with Gasteiger partial charge in [-0.2, -0.15) is 4.52 Å². The summed E-state index contributed by atoms with van der Waals surface area (Å²) in [6.07, 6.45) is 4.12. The van der Waals surface area contributed by atoms with Crippen molar-refractivity contribution in [3.63, 3.8) is 0 Å². The summed E-state index contributed by atoms with van der Waals surface area (Å²) < 4.78 is 8.18. The van der Waals surface area contributed by atoms with Gasteiger partial charge in [0.15, 0.2) is 11.5 Å². The number of nitrogens with one attached hydrogen (secondary N) is 1. The third kappa shape index (κ3) is 4.61. The summed E-state index contributed by atoms with van der Waals surface area (Å²) in [5, 5.41) is 8.50. The fourth-order valence-corrected chi connectivity index (χ4v) is 6.56. The van der Waals surface area contributed by atoms with Crippen LogP contribution in [-0.2, 0) is 29.6 Å². The lowest BCUT2D eigenvalue weighted by Crippen LogP contribution is -2.32. The lowest BCUT2D eigenvalue weighted by Gasteiger charge is -2.19. The summed E-state index contributed by atoms with van der Waals surface area (Å²) in [5.41, 5.74) is 4.11. The molecular formula is C30H31N5O3S. The molecule has 1 aliphatic carbocycles. The molecule has 200 valence electrons. The lowest BCUT2D eigenvalue weighted by molar-refractivity contribution is -0.116. The number of nitrogens with zero attached hydrogens (tertiary/aromatic N) is 4. The normalized spacial score (nSPS) is 13.5. The molecule has 5 aromatic rings. The number of carbonyl (C=O) groups excluding carboxylic acids is 1. The molecule has 39 heavy (non-hydrogen) atoms. The summed E-state index contributed by atoms with van der Waals surface area (Å²) in [5.74, 6) is 0.939. The number of thiophene rings is 1. The fourth-order valence-electron chi connectivity index (χ4n) is 5.18. The van der Waals surface area contributed by atoms with Crippen LogP contribution in [0.2, 0.25) is 0 Å². The van der Waals surface area contributed by atoms with Gasteiger partial charge in [0, 0.05) is 16.1 Å². The zero-order valence-electron chi connectivity index (χ0n) is 22.6. The maximum absolute atomic E-state index is 13.8. The molecule has 6 rings (SSSR count). The summed E-state index contributed by atoms with van der Waals surface area (Å²) in [4.78, 5) is 33.9. The summed E-state index contributed by atoms with van der Waals surface area (Å²) in [7, 11) is 1.62. The Balaban J connectivity index is 1.42. The molecule has 0 spiro atoms. The highest BCUT2D eigenvalue weighted by atomic mass is 32.1. The Morgan fingerprint density at radius 3 is 2.46 bits per heavy atom. The van der Waals surface area contributed by atoms with Crippen LogP contribution in [-0.4, -0.2) is 32.2 Å². The van der Waals surface area contributed by atoms with E-state index in [1.54, 1.807) is 23.0 Å². The van der Waals surface area contributed by atoms with Gasteiger partial charge in [-0.3, -0.25) is 9.36 Å². The second kappa shape index (κ2) is 9.64. The number of hydrogen-bond acceptors (Lipinski definition) is 6. The predicted molar refractivity (Wildman–Crippen MR) is 155 cm³/mol. The highest BCUT2D eigenvalue weighted by molar-refractivity contribution is 7.19. The first-order chi connectivity index (χ1) is 18.7. The maximum atomic E-state index is 13.8. The van der Waals surface area contributed by atoms with Gasteiger partial charge < -0.3 is 10.1 Å². The molecular weight excluding hydrogens is 510 g/mol. The first-order valence-corrected chi connectivity index (χ1v) is 14.0. The number of carbonyl (C=O) groups is 1. The third-order valence-electron chi connectivity index (χ3n) is 7.33. The minimum atomic E-state index is -0.374. The van der Waals surface area contributed by atoms with Gasteiger partial charge in [0.25, 0.3) is 0 Å². The van der Waals surface area contributed by atoms with Crippen molar-refractivity contribution in [3.05, 3.63) is 75.0 Å². The molecule has 0 atom stereocenters. The second-order valence-corrected chi connectivity index (χ2v) is 12.1. The molecule has 0 saturated heterocycles. The average molecular weight is 542 g/mol. The maximum Gasteiger partial charge on any atom is 0.352 e. The summed E-state index contributed by atoms with van der Waals surface area (Å²) in [6.45, 7) is 6.35. The number of fused-ring (bicyclic) bond motifs is 5. The zero-order chi connectivity index (χ0) is 27.3. The SMILES string of the molecule is COc1ccc(-c2nc3c4c5c(sc4n(CC(=O)Nc4ccc(C(C)(C)C)cc4)c(=O)n3n2)CCCC5)cc1. The Morgan fingerprint density at radius 1 is 1.05 bits per heavy atom. The van der Waals surface area contributed by atoms with Crippen LogP contribution in [0.5, 0.6) is 5.75 Å². The number of hydrogen-bond donors (Lipinski definition) is 1. The number of aromatic nitrogens is 4. The first kappa shape index (κ1) is 25.3. The highest BCUT2D eigenvalue weighted by Gasteiger charge is 2.25. The van der Waals surface area contributed by atoms with E-state index in [-0.39, 0.29) is 23.6 Å². The first-order valence-electron chi connectivity index (χ1n) is 13.2. The quantitative estimate of drug-likeness (QED) is 0.313. The van der Waals surface area contributed by atoms with Crippen LogP contribution in [0.1, 0.15) is 49.6 Å². The van der Waals surface area contributed by atoms with Crippen molar-refractivity contribution in [1.82, 2.24) is 19.2 Å². The Kier molecular flexibility index (Phi) is 6.26. The minimum absolute atomic E-state index is 0.0254. The number of methoxy groups -OCH3 is 1. The van der Waals surface area contributed by atoms with Gasteiger partial charge in [-0.15, -0.1) is 16.4 Å². The standard InChI is InChI=1S/C30H31N5O3S/c1-30(2,3)19-11-13-20(14-12-19)31-24(36)17-34-28-25(22-7-5-6-8-23(22)39-28)27-32-26(33-35(27)29(34)37)18-9-15-21(38-4)16-10-18/h9-16H,5-8,17H2,1-4H3,(H,31,36). The van der Waals surface area contributed by atoms with E-state index in [2.05, 4.69) is 31.2 Å².